The SMILES string of the molecule is CCN(CC)CCN(C(=O)c1ccc(S(=O)(=O)N(CC)c2ccccc2)cc1)c1nc2ccc(Br)cc2s1. The van der Waals surface area contributed by atoms with Crippen molar-refractivity contribution in [1.29, 1.82) is 0 Å². The maximum atomic E-state index is 13.8. The molecule has 4 rings (SSSR count). The number of rotatable bonds is 11. The summed E-state index contributed by atoms with van der Waals surface area (Å²) >= 11 is 4.97. The highest BCUT2D eigenvalue weighted by atomic mass is 79.9. The van der Waals surface area contributed by atoms with E-state index >= 15 is 0 Å². The van der Waals surface area contributed by atoms with E-state index in [2.05, 4.69) is 34.7 Å². The Morgan fingerprint density at radius 3 is 2.21 bits per heavy atom. The first-order valence-electron chi connectivity index (χ1n) is 12.6. The third-order valence-electron chi connectivity index (χ3n) is 6.37. The third kappa shape index (κ3) is 6.09. The molecule has 200 valence electrons. The Labute approximate surface area is 236 Å². The van der Waals surface area contributed by atoms with Crippen LogP contribution in [-0.4, -0.2) is 56.9 Å². The summed E-state index contributed by atoms with van der Waals surface area (Å²) in [6, 6.07) is 21.0. The van der Waals surface area contributed by atoms with Gasteiger partial charge in [0.15, 0.2) is 5.13 Å². The predicted octanol–water partition coefficient (Wildman–Crippen LogP) is 6.26. The predicted molar refractivity (Wildman–Crippen MR) is 160 cm³/mol. The maximum absolute atomic E-state index is 13.8. The Bertz CT molecular complexity index is 1490. The van der Waals surface area contributed by atoms with Gasteiger partial charge in [-0.05, 0) is 74.6 Å². The van der Waals surface area contributed by atoms with Crippen molar-refractivity contribution in [2.75, 3.05) is 41.9 Å². The number of likely N-dealkylation sites (N-methyl/N-ethyl adjacent to an activating group) is 1. The molecule has 0 aliphatic carbocycles. The van der Waals surface area contributed by atoms with Gasteiger partial charge in [-0.15, -0.1) is 0 Å². The molecule has 0 aliphatic rings. The van der Waals surface area contributed by atoms with E-state index in [4.69, 9.17) is 4.98 Å². The molecule has 0 atom stereocenters. The molecule has 3 aromatic carbocycles. The summed E-state index contributed by atoms with van der Waals surface area (Å²) in [6.45, 7) is 9.22. The highest BCUT2D eigenvalue weighted by molar-refractivity contribution is 9.10. The molecule has 0 fully saturated rings. The summed E-state index contributed by atoms with van der Waals surface area (Å²) in [7, 11) is -3.78. The summed E-state index contributed by atoms with van der Waals surface area (Å²) in [5.41, 5.74) is 1.84. The van der Waals surface area contributed by atoms with E-state index in [1.807, 2.05) is 36.4 Å². The smallest absolute Gasteiger partial charge is 0.264 e. The molecule has 4 aromatic rings. The van der Waals surface area contributed by atoms with Gasteiger partial charge >= 0.3 is 0 Å². The number of hydrogen-bond donors (Lipinski definition) is 0. The van der Waals surface area contributed by atoms with Crippen molar-refractivity contribution in [3.05, 3.63) is 82.8 Å². The average Bonchev–Trinajstić information content (AvgIpc) is 3.34. The van der Waals surface area contributed by atoms with Crippen LogP contribution in [0.25, 0.3) is 10.2 Å². The van der Waals surface area contributed by atoms with Crippen molar-refractivity contribution >= 4 is 64.2 Å². The third-order valence-corrected chi connectivity index (χ3v) is 9.82. The largest absolute Gasteiger partial charge is 0.302 e. The lowest BCUT2D eigenvalue weighted by molar-refractivity contribution is 0.0983. The normalized spacial score (nSPS) is 11.7. The first kappa shape index (κ1) is 28.2. The second kappa shape index (κ2) is 12.4. The second-order valence-electron chi connectivity index (χ2n) is 8.62. The Morgan fingerprint density at radius 1 is 0.895 bits per heavy atom. The molecule has 0 saturated heterocycles. The Balaban J connectivity index is 1.64. The zero-order valence-corrected chi connectivity index (χ0v) is 24.9. The van der Waals surface area contributed by atoms with Gasteiger partial charge in [-0.3, -0.25) is 14.0 Å². The lowest BCUT2D eigenvalue weighted by atomic mass is 10.2. The van der Waals surface area contributed by atoms with Gasteiger partial charge in [0.25, 0.3) is 15.9 Å². The number of fused-ring (bicyclic) bond motifs is 1. The van der Waals surface area contributed by atoms with Gasteiger partial charge in [-0.2, -0.15) is 0 Å². The molecule has 0 aliphatic heterocycles. The van der Waals surface area contributed by atoms with Crippen molar-refractivity contribution < 1.29 is 13.2 Å². The Hall–Kier alpha value is -2.79. The van der Waals surface area contributed by atoms with E-state index in [1.54, 1.807) is 36.1 Å². The number of nitrogens with zero attached hydrogens (tertiary/aromatic N) is 4. The maximum Gasteiger partial charge on any atom is 0.264 e. The molecular formula is C28H31BrN4O3S2. The topological polar surface area (TPSA) is 73.8 Å². The molecule has 7 nitrogen and oxygen atoms in total. The number of hydrogen-bond acceptors (Lipinski definition) is 6. The summed E-state index contributed by atoms with van der Waals surface area (Å²) in [5, 5.41) is 0.619. The van der Waals surface area contributed by atoms with E-state index < -0.39 is 10.0 Å². The molecule has 0 N–H and O–H groups in total. The average molecular weight is 616 g/mol. The van der Waals surface area contributed by atoms with E-state index in [9.17, 15) is 13.2 Å². The zero-order chi connectivity index (χ0) is 27.3. The van der Waals surface area contributed by atoms with Crippen LogP contribution in [0.1, 0.15) is 31.1 Å². The molecule has 0 spiro atoms. The molecule has 0 saturated carbocycles. The molecule has 0 bridgehead atoms. The van der Waals surface area contributed by atoms with Gasteiger partial charge in [0.2, 0.25) is 0 Å². The lowest BCUT2D eigenvalue weighted by Crippen LogP contribution is -2.39. The summed E-state index contributed by atoms with van der Waals surface area (Å²) in [5.74, 6) is -0.213. The summed E-state index contributed by atoms with van der Waals surface area (Å²) in [4.78, 5) is 22.6. The quantitative estimate of drug-likeness (QED) is 0.199. The Kier molecular flexibility index (Phi) is 9.19. The fourth-order valence-electron chi connectivity index (χ4n) is 4.21. The molecule has 10 heteroatoms. The van der Waals surface area contributed by atoms with Crippen LogP contribution in [0.5, 0.6) is 0 Å². The number of benzene rings is 3. The molecule has 1 heterocycles. The van der Waals surface area contributed by atoms with E-state index in [1.165, 1.54) is 27.8 Å². The molecule has 0 unspecified atom stereocenters. The summed E-state index contributed by atoms with van der Waals surface area (Å²) < 4.78 is 30.1. The van der Waals surface area contributed by atoms with Crippen molar-refractivity contribution in [1.82, 2.24) is 9.88 Å². The lowest BCUT2D eigenvalue weighted by Gasteiger charge is -2.25. The highest BCUT2D eigenvalue weighted by Crippen LogP contribution is 2.32. The van der Waals surface area contributed by atoms with Gasteiger partial charge in [0.05, 0.1) is 20.8 Å². The van der Waals surface area contributed by atoms with Crippen LogP contribution in [0.15, 0.2) is 82.2 Å². The number of amides is 1. The fourth-order valence-corrected chi connectivity index (χ4v) is 7.22. The standard InChI is InChI=1S/C28H31BrN4O3S2/c1-4-31(5-2)18-19-32(28-30-25-17-14-22(29)20-26(25)37-28)27(34)21-12-15-24(16-13-21)38(35,36)33(6-3)23-10-8-7-9-11-23/h7-17,20H,4-6,18-19H2,1-3H3. The van der Waals surface area contributed by atoms with Gasteiger partial charge in [-0.1, -0.05) is 59.3 Å². The molecular weight excluding hydrogens is 584 g/mol. The zero-order valence-electron chi connectivity index (χ0n) is 21.7. The number of thiazole rings is 1. The van der Waals surface area contributed by atoms with Crippen LogP contribution in [0.4, 0.5) is 10.8 Å². The minimum absolute atomic E-state index is 0.138. The first-order valence-corrected chi connectivity index (χ1v) is 15.6. The fraction of sp³-hybridized carbons (Fsp3) is 0.286. The number of anilines is 2. The van der Waals surface area contributed by atoms with Gasteiger partial charge < -0.3 is 4.90 Å². The van der Waals surface area contributed by atoms with E-state index in [0.717, 1.165) is 27.8 Å². The minimum Gasteiger partial charge on any atom is -0.302 e. The number of sulfonamides is 1. The van der Waals surface area contributed by atoms with Crippen LogP contribution in [0.3, 0.4) is 0 Å². The van der Waals surface area contributed by atoms with Crippen molar-refractivity contribution in [2.24, 2.45) is 0 Å². The van der Waals surface area contributed by atoms with Crippen LogP contribution < -0.4 is 9.21 Å². The number of carbonyl (C=O) groups excluding carboxylic acids is 1. The molecule has 38 heavy (non-hydrogen) atoms. The first-order chi connectivity index (χ1) is 18.3. The number of halogens is 1. The van der Waals surface area contributed by atoms with Crippen molar-refractivity contribution in [3.8, 4) is 0 Å². The van der Waals surface area contributed by atoms with E-state index in [0.29, 0.717) is 36.0 Å². The van der Waals surface area contributed by atoms with Crippen LogP contribution in [0, 0.1) is 0 Å². The van der Waals surface area contributed by atoms with Crippen LogP contribution in [-0.2, 0) is 10.0 Å². The van der Waals surface area contributed by atoms with Gasteiger partial charge in [-0.25, -0.2) is 13.4 Å². The molecule has 1 amide bonds. The summed E-state index contributed by atoms with van der Waals surface area (Å²) in [6.07, 6.45) is 0. The van der Waals surface area contributed by atoms with E-state index in [-0.39, 0.29) is 10.8 Å². The highest BCUT2D eigenvalue weighted by Gasteiger charge is 2.26. The number of aromatic nitrogens is 1. The van der Waals surface area contributed by atoms with Gasteiger partial charge in [0, 0.05) is 29.7 Å². The van der Waals surface area contributed by atoms with Crippen LogP contribution >= 0.6 is 27.3 Å². The monoisotopic (exact) mass is 614 g/mol. The number of para-hydroxylation sites is 1. The second-order valence-corrected chi connectivity index (χ2v) is 12.4. The molecule has 1 aromatic heterocycles. The van der Waals surface area contributed by atoms with Gasteiger partial charge in [0.1, 0.15) is 0 Å². The van der Waals surface area contributed by atoms with Crippen molar-refractivity contribution in [2.45, 2.75) is 25.7 Å². The minimum atomic E-state index is -3.78. The van der Waals surface area contributed by atoms with Crippen LogP contribution in [0.2, 0.25) is 0 Å². The number of carbonyl (C=O) groups is 1. The molecule has 0 radical (unpaired) electrons. The Morgan fingerprint density at radius 2 is 1.58 bits per heavy atom. The van der Waals surface area contributed by atoms with Crippen molar-refractivity contribution in [3.63, 3.8) is 0 Å².